The predicted molar refractivity (Wildman–Crippen MR) is 69.1 cm³/mol. The normalized spacial score (nSPS) is 10.6. The van der Waals surface area contributed by atoms with Gasteiger partial charge in [0.15, 0.2) is 0 Å². The van der Waals surface area contributed by atoms with Crippen LogP contribution < -0.4 is 9.30 Å². The van der Waals surface area contributed by atoms with Crippen LogP contribution in [0.1, 0.15) is 0 Å². The molecule has 0 aliphatic rings. The van der Waals surface area contributed by atoms with E-state index in [1.54, 1.807) is 11.3 Å². The van der Waals surface area contributed by atoms with Gasteiger partial charge in [0.05, 0.1) is 0 Å². The maximum atomic E-state index is 5.73. The maximum Gasteiger partial charge on any atom is 0.293 e. The number of nitrogens with zero attached hydrogens (tertiary/aromatic N) is 1. The quantitative estimate of drug-likeness (QED) is 0.643. The highest BCUT2D eigenvalue weighted by molar-refractivity contribution is 7.16. The lowest BCUT2D eigenvalue weighted by molar-refractivity contribution is -0.696. The van der Waals surface area contributed by atoms with Crippen LogP contribution in [-0.4, -0.2) is 0 Å². The number of para-hydroxylation sites is 2. The summed E-state index contributed by atoms with van der Waals surface area (Å²) < 4.78 is 9.13. The summed E-state index contributed by atoms with van der Waals surface area (Å²) in [7, 11) is 0. The van der Waals surface area contributed by atoms with Crippen molar-refractivity contribution in [1.82, 2.24) is 0 Å². The highest BCUT2D eigenvalue weighted by Crippen LogP contribution is 2.15. The molecule has 3 rings (SSSR count). The first-order chi connectivity index (χ1) is 8.43. The molecule has 84 valence electrons. The summed E-state index contributed by atoms with van der Waals surface area (Å²) in [6, 6.07) is 18.2. The predicted octanol–water partition coefficient (Wildman–Crippen LogP) is 3.23. The number of thiazole rings is 1. The van der Waals surface area contributed by atoms with Gasteiger partial charge in [0.25, 0.3) is 6.73 Å². The highest BCUT2D eigenvalue weighted by atomic mass is 32.1. The fourth-order valence-electron chi connectivity index (χ4n) is 1.73. The molecule has 0 radical (unpaired) electrons. The van der Waals surface area contributed by atoms with Gasteiger partial charge in [0, 0.05) is 6.07 Å². The maximum absolute atomic E-state index is 5.73. The average molecular weight is 242 g/mol. The van der Waals surface area contributed by atoms with Gasteiger partial charge in [0.2, 0.25) is 11.0 Å². The van der Waals surface area contributed by atoms with E-state index in [1.165, 1.54) is 10.2 Å². The van der Waals surface area contributed by atoms with E-state index in [0.717, 1.165) is 5.75 Å². The number of fused-ring (bicyclic) bond motifs is 1. The monoisotopic (exact) mass is 242 g/mol. The van der Waals surface area contributed by atoms with Gasteiger partial charge < -0.3 is 4.74 Å². The van der Waals surface area contributed by atoms with Crippen LogP contribution >= 0.6 is 11.3 Å². The molecule has 3 aromatic rings. The zero-order chi connectivity index (χ0) is 11.5. The molecule has 1 aromatic heterocycles. The lowest BCUT2D eigenvalue weighted by Crippen LogP contribution is -2.34. The molecular weight excluding hydrogens is 230 g/mol. The molecule has 1 heterocycles. The fourth-order valence-corrected chi connectivity index (χ4v) is 2.61. The Morgan fingerprint density at radius 3 is 2.59 bits per heavy atom. The van der Waals surface area contributed by atoms with Gasteiger partial charge in [-0.25, -0.2) is 0 Å². The molecule has 0 spiro atoms. The van der Waals surface area contributed by atoms with Crippen LogP contribution in [0, 0.1) is 0 Å². The Labute approximate surface area is 104 Å². The lowest BCUT2D eigenvalue weighted by atomic mass is 10.3. The average Bonchev–Trinajstić information content (AvgIpc) is 2.81. The second-order valence-corrected chi connectivity index (χ2v) is 4.63. The summed E-state index contributed by atoms with van der Waals surface area (Å²) in [5.41, 5.74) is 3.31. The first-order valence-corrected chi connectivity index (χ1v) is 6.35. The van der Waals surface area contributed by atoms with Crippen molar-refractivity contribution in [3.8, 4) is 5.75 Å². The number of benzene rings is 2. The molecule has 3 heteroatoms. The Balaban J connectivity index is 1.82. The van der Waals surface area contributed by atoms with Crippen LogP contribution in [-0.2, 0) is 6.73 Å². The Morgan fingerprint density at radius 1 is 0.941 bits per heavy atom. The largest absolute Gasteiger partial charge is 0.436 e. The summed E-state index contributed by atoms with van der Waals surface area (Å²) in [6.45, 7) is 0.550. The molecule has 0 fully saturated rings. The van der Waals surface area contributed by atoms with E-state index in [0.29, 0.717) is 6.73 Å². The van der Waals surface area contributed by atoms with E-state index in [-0.39, 0.29) is 0 Å². The summed E-state index contributed by atoms with van der Waals surface area (Å²) in [5, 5.41) is 0. The third kappa shape index (κ3) is 2.15. The molecule has 2 nitrogen and oxygen atoms in total. The zero-order valence-corrected chi connectivity index (χ0v) is 10.1. The van der Waals surface area contributed by atoms with E-state index in [1.807, 2.05) is 36.4 Å². The van der Waals surface area contributed by atoms with E-state index in [9.17, 15) is 0 Å². The van der Waals surface area contributed by atoms with Crippen LogP contribution in [0.5, 0.6) is 5.75 Å². The molecule has 2 aromatic carbocycles. The minimum Gasteiger partial charge on any atom is -0.436 e. The van der Waals surface area contributed by atoms with E-state index in [4.69, 9.17) is 4.74 Å². The summed E-state index contributed by atoms with van der Waals surface area (Å²) in [4.78, 5) is 0. The molecule has 0 bridgehead atoms. The van der Waals surface area contributed by atoms with Gasteiger partial charge in [-0.3, -0.25) is 0 Å². The minimum absolute atomic E-state index is 0.550. The molecule has 0 aliphatic heterocycles. The number of rotatable bonds is 3. The Morgan fingerprint density at radius 2 is 1.71 bits per heavy atom. The Bertz CT molecular complexity index is 618. The van der Waals surface area contributed by atoms with Crippen LogP contribution in [0.4, 0.5) is 0 Å². The van der Waals surface area contributed by atoms with Crippen LogP contribution in [0.25, 0.3) is 10.2 Å². The molecule has 0 saturated heterocycles. The smallest absolute Gasteiger partial charge is 0.293 e. The zero-order valence-electron chi connectivity index (χ0n) is 9.24. The molecule has 0 amide bonds. The van der Waals surface area contributed by atoms with Crippen molar-refractivity contribution in [1.29, 1.82) is 0 Å². The number of ether oxygens (including phenoxy) is 1. The van der Waals surface area contributed by atoms with Crippen molar-refractivity contribution in [2.75, 3.05) is 0 Å². The topological polar surface area (TPSA) is 13.1 Å². The Kier molecular flexibility index (Phi) is 2.76. The van der Waals surface area contributed by atoms with Crippen molar-refractivity contribution in [2.45, 2.75) is 6.73 Å². The summed E-state index contributed by atoms with van der Waals surface area (Å²) in [6.07, 6.45) is 0. The molecule has 0 aliphatic carbocycles. The first-order valence-electron chi connectivity index (χ1n) is 5.47. The highest BCUT2D eigenvalue weighted by Gasteiger charge is 2.10. The molecule has 17 heavy (non-hydrogen) atoms. The lowest BCUT2D eigenvalue weighted by Gasteiger charge is -2.00. The summed E-state index contributed by atoms with van der Waals surface area (Å²) in [5.74, 6) is 0.898. The van der Waals surface area contributed by atoms with Crippen molar-refractivity contribution in [2.24, 2.45) is 0 Å². The molecular formula is C14H12NOS+. The molecule has 0 unspecified atom stereocenters. The number of hydrogen-bond donors (Lipinski definition) is 0. The number of hydrogen-bond acceptors (Lipinski definition) is 2. The standard InChI is InChI=1S/C14H12NOS/c1-2-6-12(7-3-1)16-10-15-11-17-14-9-5-4-8-13(14)15/h1-9,11H,10H2/q+1. The van der Waals surface area contributed by atoms with E-state index < -0.39 is 0 Å². The summed E-state index contributed by atoms with van der Waals surface area (Å²) >= 11 is 1.73. The minimum atomic E-state index is 0.550. The van der Waals surface area contributed by atoms with Crippen molar-refractivity contribution in [3.63, 3.8) is 0 Å². The third-order valence-corrected chi connectivity index (χ3v) is 3.55. The van der Waals surface area contributed by atoms with Gasteiger partial charge in [0.1, 0.15) is 10.4 Å². The number of aromatic nitrogens is 1. The molecule has 0 atom stereocenters. The van der Waals surface area contributed by atoms with Crippen molar-refractivity contribution >= 4 is 21.6 Å². The molecule has 0 N–H and O–H groups in total. The van der Waals surface area contributed by atoms with Gasteiger partial charge in [-0.2, -0.15) is 4.57 Å². The van der Waals surface area contributed by atoms with Gasteiger partial charge in [-0.15, -0.1) is 0 Å². The van der Waals surface area contributed by atoms with Crippen LogP contribution in [0.2, 0.25) is 0 Å². The van der Waals surface area contributed by atoms with E-state index >= 15 is 0 Å². The third-order valence-electron chi connectivity index (χ3n) is 2.60. The SMILES string of the molecule is c1ccc(OC[n+]2csc3ccccc32)cc1. The second kappa shape index (κ2) is 4.55. The second-order valence-electron chi connectivity index (χ2n) is 3.75. The van der Waals surface area contributed by atoms with Gasteiger partial charge in [-0.05, 0) is 18.2 Å². The van der Waals surface area contributed by atoms with Crippen molar-refractivity contribution < 1.29 is 9.30 Å². The Hall–Kier alpha value is -1.87. The van der Waals surface area contributed by atoms with Gasteiger partial charge >= 0.3 is 0 Å². The van der Waals surface area contributed by atoms with Crippen LogP contribution in [0.15, 0.2) is 60.1 Å². The fraction of sp³-hybridized carbons (Fsp3) is 0.0714. The molecule has 0 saturated carbocycles. The first kappa shape index (κ1) is 10.3. The van der Waals surface area contributed by atoms with Crippen molar-refractivity contribution in [3.05, 3.63) is 60.1 Å². The van der Waals surface area contributed by atoms with E-state index in [2.05, 4.69) is 28.3 Å². The van der Waals surface area contributed by atoms with Gasteiger partial charge in [-0.1, -0.05) is 41.7 Å². The van der Waals surface area contributed by atoms with Crippen LogP contribution in [0.3, 0.4) is 0 Å².